The average Bonchev–Trinajstić information content (AvgIpc) is 2.59. The van der Waals surface area contributed by atoms with Crippen LogP contribution in [0.25, 0.3) is 0 Å². The van der Waals surface area contributed by atoms with Gasteiger partial charge >= 0.3 is 5.97 Å². The maximum Gasteiger partial charge on any atom is 0.304 e. The van der Waals surface area contributed by atoms with Crippen molar-refractivity contribution < 1.29 is 14.4 Å². The third-order valence-corrected chi connectivity index (χ3v) is 2.41. The predicted octanol–water partition coefficient (Wildman–Crippen LogP) is 1.06. The van der Waals surface area contributed by atoms with Gasteiger partial charge in [0.2, 0.25) is 5.89 Å². The fourth-order valence-electron chi connectivity index (χ4n) is 1.55. The Morgan fingerprint density at radius 1 is 1.62 bits per heavy atom. The van der Waals surface area contributed by atoms with E-state index in [1.54, 1.807) is 6.92 Å². The van der Waals surface area contributed by atoms with Crippen LogP contribution in [0.1, 0.15) is 32.0 Å². The zero-order valence-corrected chi connectivity index (χ0v) is 9.80. The Balaban J connectivity index is 2.57. The Morgan fingerprint density at radius 3 is 2.75 bits per heavy atom. The van der Waals surface area contributed by atoms with Crippen molar-refractivity contribution in [1.82, 2.24) is 15.0 Å². The lowest BCUT2D eigenvalue weighted by atomic mass is 10.2. The lowest BCUT2D eigenvalue weighted by Crippen LogP contribution is -2.34. The molecule has 0 aliphatic rings. The number of nitrogens with zero attached hydrogens (tertiary/aromatic N) is 3. The molecule has 1 aromatic rings. The van der Waals surface area contributed by atoms with Crippen LogP contribution in [-0.4, -0.2) is 38.7 Å². The predicted molar refractivity (Wildman–Crippen MR) is 56.8 cm³/mol. The third kappa shape index (κ3) is 3.62. The molecule has 1 heterocycles. The van der Waals surface area contributed by atoms with E-state index in [1.165, 1.54) is 0 Å². The standard InChI is InChI=1S/C10H17N3O3/c1-4-13(7(2)5-10(14)15)6-9-11-8(3)16-12-9/h7H,4-6H2,1-3H3,(H,14,15). The fourth-order valence-corrected chi connectivity index (χ4v) is 1.55. The second kappa shape index (κ2) is 5.60. The summed E-state index contributed by atoms with van der Waals surface area (Å²) in [6, 6.07) is -0.0405. The van der Waals surface area contributed by atoms with Crippen molar-refractivity contribution >= 4 is 5.97 Å². The highest BCUT2D eigenvalue weighted by Gasteiger charge is 2.17. The molecule has 0 saturated carbocycles. The van der Waals surface area contributed by atoms with E-state index in [1.807, 2.05) is 18.7 Å². The third-order valence-electron chi connectivity index (χ3n) is 2.41. The van der Waals surface area contributed by atoms with E-state index in [4.69, 9.17) is 9.63 Å². The van der Waals surface area contributed by atoms with Gasteiger partial charge in [0.15, 0.2) is 5.82 Å². The van der Waals surface area contributed by atoms with E-state index in [-0.39, 0.29) is 12.5 Å². The highest BCUT2D eigenvalue weighted by molar-refractivity contribution is 5.67. The van der Waals surface area contributed by atoms with E-state index in [9.17, 15) is 4.79 Å². The monoisotopic (exact) mass is 227 g/mol. The largest absolute Gasteiger partial charge is 0.481 e. The fraction of sp³-hybridized carbons (Fsp3) is 0.700. The maximum absolute atomic E-state index is 10.6. The van der Waals surface area contributed by atoms with Crippen LogP contribution in [0, 0.1) is 6.92 Å². The molecule has 0 fully saturated rings. The summed E-state index contributed by atoms with van der Waals surface area (Å²) >= 11 is 0. The second-order valence-electron chi connectivity index (χ2n) is 3.74. The van der Waals surface area contributed by atoms with Gasteiger partial charge in [0, 0.05) is 13.0 Å². The summed E-state index contributed by atoms with van der Waals surface area (Å²) in [6.07, 6.45) is 0.116. The molecule has 90 valence electrons. The summed E-state index contributed by atoms with van der Waals surface area (Å²) in [5, 5.41) is 12.5. The lowest BCUT2D eigenvalue weighted by Gasteiger charge is -2.24. The van der Waals surface area contributed by atoms with Gasteiger partial charge < -0.3 is 9.63 Å². The van der Waals surface area contributed by atoms with Gasteiger partial charge in [0.05, 0.1) is 13.0 Å². The molecule has 1 N–H and O–H groups in total. The number of carbonyl (C=O) groups is 1. The molecule has 1 atom stereocenters. The molecule has 0 aliphatic heterocycles. The van der Waals surface area contributed by atoms with Gasteiger partial charge in [-0.25, -0.2) is 0 Å². The van der Waals surface area contributed by atoms with E-state index < -0.39 is 5.97 Å². The van der Waals surface area contributed by atoms with Gasteiger partial charge in [-0.1, -0.05) is 12.1 Å². The molecule has 1 aromatic heterocycles. The van der Waals surface area contributed by atoms with Gasteiger partial charge in [0.1, 0.15) is 0 Å². The summed E-state index contributed by atoms with van der Waals surface area (Å²) in [4.78, 5) is 16.7. The minimum absolute atomic E-state index is 0.0405. The quantitative estimate of drug-likeness (QED) is 0.782. The lowest BCUT2D eigenvalue weighted by molar-refractivity contribution is -0.138. The Labute approximate surface area is 94.3 Å². The van der Waals surface area contributed by atoms with E-state index in [0.717, 1.165) is 6.54 Å². The van der Waals surface area contributed by atoms with E-state index in [2.05, 4.69) is 10.1 Å². The summed E-state index contributed by atoms with van der Waals surface area (Å²) in [6.45, 7) is 6.85. The molecular formula is C10H17N3O3. The molecule has 0 aromatic carbocycles. The second-order valence-corrected chi connectivity index (χ2v) is 3.74. The Hall–Kier alpha value is -1.43. The van der Waals surface area contributed by atoms with Crippen molar-refractivity contribution in [3.05, 3.63) is 11.7 Å². The van der Waals surface area contributed by atoms with Gasteiger partial charge in [-0.05, 0) is 13.5 Å². The van der Waals surface area contributed by atoms with Crippen molar-refractivity contribution in [1.29, 1.82) is 0 Å². The Morgan fingerprint density at radius 2 is 2.31 bits per heavy atom. The van der Waals surface area contributed by atoms with Crippen molar-refractivity contribution in [2.75, 3.05) is 6.54 Å². The van der Waals surface area contributed by atoms with Crippen LogP contribution >= 0.6 is 0 Å². The summed E-state index contributed by atoms with van der Waals surface area (Å²) in [5.74, 6) is 0.323. The van der Waals surface area contributed by atoms with Crippen LogP contribution in [0.5, 0.6) is 0 Å². The molecule has 6 heteroatoms. The number of rotatable bonds is 6. The molecule has 0 spiro atoms. The van der Waals surface area contributed by atoms with Gasteiger partial charge in [-0.15, -0.1) is 0 Å². The van der Waals surface area contributed by atoms with Crippen LogP contribution in [0.3, 0.4) is 0 Å². The topological polar surface area (TPSA) is 79.5 Å². The molecule has 1 rings (SSSR count). The van der Waals surface area contributed by atoms with Crippen LogP contribution in [0.2, 0.25) is 0 Å². The first-order chi connectivity index (χ1) is 7.52. The maximum atomic E-state index is 10.6. The highest BCUT2D eigenvalue weighted by atomic mass is 16.5. The molecule has 1 unspecified atom stereocenters. The van der Waals surface area contributed by atoms with E-state index in [0.29, 0.717) is 18.3 Å². The van der Waals surface area contributed by atoms with Crippen molar-refractivity contribution in [2.24, 2.45) is 0 Å². The van der Waals surface area contributed by atoms with Crippen molar-refractivity contribution in [3.63, 3.8) is 0 Å². The number of carboxylic acid groups (broad SMARTS) is 1. The minimum Gasteiger partial charge on any atom is -0.481 e. The van der Waals surface area contributed by atoms with Crippen LogP contribution in [0.15, 0.2) is 4.52 Å². The van der Waals surface area contributed by atoms with Gasteiger partial charge in [-0.3, -0.25) is 9.69 Å². The molecule has 16 heavy (non-hydrogen) atoms. The highest BCUT2D eigenvalue weighted by Crippen LogP contribution is 2.08. The number of carboxylic acids is 1. The molecule has 6 nitrogen and oxygen atoms in total. The van der Waals surface area contributed by atoms with Crippen molar-refractivity contribution in [3.8, 4) is 0 Å². The molecule has 0 amide bonds. The molecule has 0 bridgehead atoms. The zero-order valence-electron chi connectivity index (χ0n) is 9.80. The zero-order chi connectivity index (χ0) is 12.1. The first kappa shape index (κ1) is 12.6. The summed E-state index contributed by atoms with van der Waals surface area (Å²) in [5.41, 5.74) is 0. The van der Waals surface area contributed by atoms with Crippen LogP contribution < -0.4 is 0 Å². The van der Waals surface area contributed by atoms with Crippen LogP contribution in [-0.2, 0) is 11.3 Å². The average molecular weight is 227 g/mol. The number of hydrogen-bond acceptors (Lipinski definition) is 5. The molecule has 0 radical (unpaired) electrons. The number of aromatic nitrogens is 2. The van der Waals surface area contributed by atoms with Crippen molar-refractivity contribution in [2.45, 2.75) is 39.8 Å². The number of aryl methyl sites for hydroxylation is 1. The molecule has 0 aliphatic carbocycles. The minimum atomic E-state index is -0.796. The first-order valence-corrected chi connectivity index (χ1v) is 5.28. The van der Waals surface area contributed by atoms with E-state index >= 15 is 0 Å². The summed E-state index contributed by atoms with van der Waals surface area (Å²) < 4.78 is 4.87. The first-order valence-electron chi connectivity index (χ1n) is 5.28. The normalized spacial score (nSPS) is 13.0. The summed E-state index contributed by atoms with van der Waals surface area (Å²) in [7, 11) is 0. The molecular weight excluding hydrogens is 210 g/mol. The molecule has 0 saturated heterocycles. The van der Waals surface area contributed by atoms with Crippen LogP contribution in [0.4, 0.5) is 0 Å². The van der Waals surface area contributed by atoms with Gasteiger partial charge in [-0.2, -0.15) is 4.98 Å². The SMILES string of the molecule is CCN(Cc1noc(C)n1)C(C)CC(=O)O. The number of hydrogen-bond donors (Lipinski definition) is 1. The van der Waals surface area contributed by atoms with Gasteiger partial charge in [0.25, 0.3) is 0 Å². The Kier molecular flexibility index (Phi) is 4.42. The smallest absolute Gasteiger partial charge is 0.304 e. The number of aliphatic carboxylic acids is 1. The Bertz CT molecular complexity index is 351.